The molecular formula is C13H21N5O. The summed E-state index contributed by atoms with van der Waals surface area (Å²) in [5, 5.41) is 3.35. The van der Waals surface area contributed by atoms with Crippen molar-refractivity contribution in [1.82, 2.24) is 15.3 Å². The average molecular weight is 263 g/mol. The van der Waals surface area contributed by atoms with E-state index in [0.29, 0.717) is 0 Å². The maximum atomic E-state index is 5.39. The first-order valence-corrected chi connectivity index (χ1v) is 6.97. The van der Waals surface area contributed by atoms with Crippen LogP contribution in [-0.4, -0.2) is 62.5 Å². The maximum Gasteiger partial charge on any atom is 0.227 e. The molecule has 0 unspecified atom stereocenters. The Morgan fingerprint density at radius 1 is 1.05 bits per heavy atom. The second-order valence-corrected chi connectivity index (χ2v) is 5.00. The van der Waals surface area contributed by atoms with Gasteiger partial charge < -0.3 is 19.9 Å². The van der Waals surface area contributed by atoms with Gasteiger partial charge in [-0.2, -0.15) is 4.98 Å². The number of anilines is 2. The second-order valence-electron chi connectivity index (χ2n) is 5.00. The van der Waals surface area contributed by atoms with Crippen molar-refractivity contribution in [2.75, 3.05) is 62.3 Å². The lowest BCUT2D eigenvalue weighted by Crippen LogP contribution is -2.44. The van der Waals surface area contributed by atoms with E-state index in [4.69, 9.17) is 9.72 Å². The van der Waals surface area contributed by atoms with E-state index < -0.39 is 0 Å². The van der Waals surface area contributed by atoms with E-state index in [2.05, 4.69) is 26.2 Å². The first-order valence-electron chi connectivity index (χ1n) is 6.97. The molecule has 1 aromatic heterocycles. The molecule has 19 heavy (non-hydrogen) atoms. The van der Waals surface area contributed by atoms with Gasteiger partial charge in [0.2, 0.25) is 5.95 Å². The van der Waals surface area contributed by atoms with Gasteiger partial charge in [-0.15, -0.1) is 0 Å². The minimum Gasteiger partial charge on any atom is -0.378 e. The number of morpholine rings is 1. The molecule has 1 aromatic rings. The molecule has 2 aliphatic heterocycles. The van der Waals surface area contributed by atoms with Gasteiger partial charge in [0, 0.05) is 51.0 Å². The molecular weight excluding hydrogens is 242 g/mol. The third-order valence-electron chi connectivity index (χ3n) is 3.56. The molecule has 0 radical (unpaired) electrons. The summed E-state index contributed by atoms with van der Waals surface area (Å²) in [5.41, 5.74) is 1.03. The van der Waals surface area contributed by atoms with E-state index in [1.807, 2.05) is 6.92 Å². The van der Waals surface area contributed by atoms with E-state index in [0.717, 1.165) is 69.9 Å². The summed E-state index contributed by atoms with van der Waals surface area (Å²) in [5.74, 6) is 1.90. The highest BCUT2D eigenvalue weighted by atomic mass is 16.5. The van der Waals surface area contributed by atoms with Crippen LogP contribution in [0.1, 0.15) is 5.69 Å². The number of piperazine rings is 1. The lowest BCUT2D eigenvalue weighted by molar-refractivity contribution is 0.122. The smallest absolute Gasteiger partial charge is 0.227 e. The molecule has 2 saturated heterocycles. The van der Waals surface area contributed by atoms with E-state index in [9.17, 15) is 0 Å². The molecule has 104 valence electrons. The molecule has 0 aliphatic carbocycles. The SMILES string of the molecule is Cc1cc(N2CCOCC2)nc(N2CCNCC2)n1. The predicted octanol–water partition coefficient (Wildman–Crippen LogP) is 0.0312. The highest BCUT2D eigenvalue weighted by Crippen LogP contribution is 2.18. The molecule has 0 atom stereocenters. The summed E-state index contributed by atoms with van der Waals surface area (Å²) in [6.45, 7) is 9.40. The summed E-state index contributed by atoms with van der Waals surface area (Å²) in [6.07, 6.45) is 0. The summed E-state index contributed by atoms with van der Waals surface area (Å²) >= 11 is 0. The topological polar surface area (TPSA) is 53.5 Å². The van der Waals surface area contributed by atoms with Crippen LogP contribution in [0.15, 0.2) is 6.07 Å². The lowest BCUT2D eigenvalue weighted by atomic mass is 10.3. The van der Waals surface area contributed by atoms with Crippen molar-refractivity contribution >= 4 is 11.8 Å². The minimum atomic E-state index is 0.784. The van der Waals surface area contributed by atoms with Crippen molar-refractivity contribution in [2.24, 2.45) is 0 Å². The van der Waals surface area contributed by atoms with Gasteiger partial charge in [0.15, 0.2) is 0 Å². The Balaban J connectivity index is 1.82. The number of aryl methyl sites for hydroxylation is 1. The molecule has 0 bridgehead atoms. The first-order chi connectivity index (χ1) is 9.33. The van der Waals surface area contributed by atoms with E-state index >= 15 is 0 Å². The number of nitrogens with one attached hydrogen (secondary N) is 1. The molecule has 0 saturated carbocycles. The molecule has 0 aromatic carbocycles. The molecule has 6 nitrogen and oxygen atoms in total. The third-order valence-corrected chi connectivity index (χ3v) is 3.56. The Morgan fingerprint density at radius 3 is 2.53 bits per heavy atom. The largest absolute Gasteiger partial charge is 0.378 e. The molecule has 0 spiro atoms. The van der Waals surface area contributed by atoms with Gasteiger partial charge in [0.25, 0.3) is 0 Å². The molecule has 0 amide bonds. The van der Waals surface area contributed by atoms with Gasteiger partial charge in [0.05, 0.1) is 13.2 Å². The molecule has 1 N–H and O–H groups in total. The Hall–Kier alpha value is -1.40. The van der Waals surface area contributed by atoms with Crippen molar-refractivity contribution in [3.63, 3.8) is 0 Å². The normalized spacial score (nSPS) is 20.7. The number of rotatable bonds is 2. The minimum absolute atomic E-state index is 0.784. The van der Waals surface area contributed by atoms with Gasteiger partial charge in [-0.25, -0.2) is 4.98 Å². The summed E-state index contributed by atoms with van der Waals surface area (Å²) < 4.78 is 5.39. The molecule has 2 fully saturated rings. The molecule has 2 aliphatic rings. The van der Waals surface area contributed by atoms with Crippen LogP contribution in [0.5, 0.6) is 0 Å². The first kappa shape index (κ1) is 12.6. The third kappa shape index (κ3) is 2.96. The van der Waals surface area contributed by atoms with Crippen LogP contribution >= 0.6 is 0 Å². The second kappa shape index (κ2) is 5.71. The average Bonchev–Trinajstić information content (AvgIpc) is 2.48. The summed E-state index contributed by atoms with van der Waals surface area (Å²) in [7, 11) is 0. The van der Waals surface area contributed by atoms with Crippen LogP contribution in [0.25, 0.3) is 0 Å². The van der Waals surface area contributed by atoms with Crippen LogP contribution in [-0.2, 0) is 4.74 Å². The fourth-order valence-corrected chi connectivity index (χ4v) is 2.50. The summed E-state index contributed by atoms with van der Waals surface area (Å²) in [4.78, 5) is 13.9. The lowest BCUT2D eigenvalue weighted by Gasteiger charge is -2.31. The van der Waals surface area contributed by atoms with Gasteiger partial charge in [-0.1, -0.05) is 0 Å². The predicted molar refractivity (Wildman–Crippen MR) is 74.9 cm³/mol. The van der Waals surface area contributed by atoms with Gasteiger partial charge in [-0.3, -0.25) is 0 Å². The summed E-state index contributed by atoms with van der Waals surface area (Å²) in [6, 6.07) is 2.07. The van der Waals surface area contributed by atoms with Crippen molar-refractivity contribution in [2.45, 2.75) is 6.92 Å². The quantitative estimate of drug-likeness (QED) is 0.812. The number of aromatic nitrogens is 2. The van der Waals surface area contributed by atoms with Crippen LogP contribution in [0.4, 0.5) is 11.8 Å². The zero-order valence-electron chi connectivity index (χ0n) is 11.4. The van der Waals surface area contributed by atoms with Crippen LogP contribution < -0.4 is 15.1 Å². The standard InChI is InChI=1S/C13H21N5O/c1-11-10-12(17-6-8-19-9-7-17)16-13(15-11)18-4-2-14-3-5-18/h10,14H,2-9H2,1H3. The van der Waals surface area contributed by atoms with Crippen LogP contribution in [0.2, 0.25) is 0 Å². The van der Waals surface area contributed by atoms with E-state index in [1.165, 1.54) is 0 Å². The Morgan fingerprint density at radius 2 is 1.79 bits per heavy atom. The molecule has 3 rings (SSSR count). The number of hydrogen-bond donors (Lipinski definition) is 1. The highest BCUT2D eigenvalue weighted by Gasteiger charge is 2.18. The number of hydrogen-bond acceptors (Lipinski definition) is 6. The van der Waals surface area contributed by atoms with Crippen LogP contribution in [0, 0.1) is 6.92 Å². The van der Waals surface area contributed by atoms with Crippen LogP contribution in [0.3, 0.4) is 0 Å². The van der Waals surface area contributed by atoms with Gasteiger partial charge >= 0.3 is 0 Å². The van der Waals surface area contributed by atoms with Gasteiger partial charge in [0.1, 0.15) is 5.82 Å². The van der Waals surface area contributed by atoms with Crippen molar-refractivity contribution < 1.29 is 4.74 Å². The Kier molecular flexibility index (Phi) is 3.79. The van der Waals surface area contributed by atoms with E-state index in [-0.39, 0.29) is 0 Å². The fourth-order valence-electron chi connectivity index (χ4n) is 2.50. The Labute approximate surface area is 113 Å². The molecule has 6 heteroatoms. The highest BCUT2D eigenvalue weighted by molar-refractivity contribution is 5.46. The van der Waals surface area contributed by atoms with Gasteiger partial charge in [-0.05, 0) is 6.92 Å². The fraction of sp³-hybridized carbons (Fsp3) is 0.692. The zero-order valence-corrected chi connectivity index (χ0v) is 11.4. The van der Waals surface area contributed by atoms with Crippen molar-refractivity contribution in [3.05, 3.63) is 11.8 Å². The Bertz CT molecular complexity index is 391. The van der Waals surface area contributed by atoms with Crippen molar-refractivity contribution in [1.29, 1.82) is 0 Å². The monoisotopic (exact) mass is 263 g/mol. The maximum absolute atomic E-state index is 5.39. The van der Waals surface area contributed by atoms with E-state index in [1.54, 1.807) is 0 Å². The number of nitrogens with zero attached hydrogens (tertiary/aromatic N) is 4. The number of ether oxygens (including phenoxy) is 1. The zero-order chi connectivity index (χ0) is 13.1. The van der Waals surface area contributed by atoms with Crippen molar-refractivity contribution in [3.8, 4) is 0 Å². The molecule has 3 heterocycles.